The molecule has 5 rings (SSSR count). The van der Waals surface area contributed by atoms with E-state index >= 15 is 0 Å². The fourth-order valence-corrected chi connectivity index (χ4v) is 5.55. The Morgan fingerprint density at radius 2 is 2.03 bits per heavy atom. The molecule has 0 radical (unpaired) electrons. The fraction of sp³-hybridized carbons (Fsp3) is 0.550. The van der Waals surface area contributed by atoms with Crippen molar-refractivity contribution in [1.82, 2.24) is 9.97 Å². The molecule has 160 valence electrons. The van der Waals surface area contributed by atoms with Gasteiger partial charge in [0.1, 0.15) is 5.82 Å². The Labute approximate surface area is 175 Å². The number of carbonyl (C=O) groups is 1. The first-order valence-electron chi connectivity index (χ1n) is 10.0. The summed E-state index contributed by atoms with van der Waals surface area (Å²) in [7, 11) is 0. The molecule has 4 atom stereocenters. The molecule has 1 saturated carbocycles. The highest BCUT2D eigenvalue weighted by Crippen LogP contribution is 2.55. The van der Waals surface area contributed by atoms with Crippen molar-refractivity contribution >= 4 is 29.1 Å². The number of anilines is 2. The van der Waals surface area contributed by atoms with Crippen LogP contribution in [0.15, 0.2) is 17.5 Å². The normalized spacial score (nSPS) is 27.7. The first-order chi connectivity index (χ1) is 14.2. The monoisotopic (exact) mass is 438 g/mol. The minimum absolute atomic E-state index is 0.0329. The van der Waals surface area contributed by atoms with E-state index in [-0.39, 0.29) is 41.7 Å². The SMILES string of the molecule is C[C@H]1CCN1c1nc(N2C[C@@H]3C(CC(=O)O)[C@@H]3C2)c(-c2cccs2)c(C(F)(F)F)n1. The van der Waals surface area contributed by atoms with Gasteiger partial charge >= 0.3 is 12.1 Å². The van der Waals surface area contributed by atoms with Gasteiger partial charge in [0.25, 0.3) is 0 Å². The molecule has 4 heterocycles. The fourth-order valence-electron chi connectivity index (χ4n) is 4.79. The third kappa shape index (κ3) is 3.21. The van der Waals surface area contributed by atoms with Crippen LogP contribution in [0.1, 0.15) is 25.5 Å². The summed E-state index contributed by atoms with van der Waals surface area (Å²) >= 11 is 1.24. The smallest absolute Gasteiger partial charge is 0.434 e. The molecule has 2 aromatic rings. The topological polar surface area (TPSA) is 69.6 Å². The lowest BCUT2D eigenvalue weighted by Gasteiger charge is -2.39. The van der Waals surface area contributed by atoms with E-state index in [1.54, 1.807) is 22.4 Å². The molecule has 3 fully saturated rings. The molecule has 1 unspecified atom stereocenters. The van der Waals surface area contributed by atoms with Crippen LogP contribution < -0.4 is 9.80 Å². The molecule has 6 nitrogen and oxygen atoms in total. The number of piperidine rings is 1. The summed E-state index contributed by atoms with van der Waals surface area (Å²) in [6.07, 6.45) is -3.58. The van der Waals surface area contributed by atoms with Crippen LogP contribution in [0, 0.1) is 17.8 Å². The molecular formula is C20H21F3N4O2S. The Balaban J connectivity index is 1.57. The van der Waals surface area contributed by atoms with E-state index in [0.717, 1.165) is 6.42 Å². The van der Waals surface area contributed by atoms with Crippen LogP contribution in [-0.2, 0) is 11.0 Å². The second-order valence-corrected chi connectivity index (χ2v) is 9.32. The van der Waals surface area contributed by atoms with E-state index in [9.17, 15) is 18.0 Å². The van der Waals surface area contributed by atoms with Gasteiger partial charge in [-0.15, -0.1) is 11.3 Å². The summed E-state index contributed by atoms with van der Waals surface area (Å²) in [5.74, 6) is 0.133. The maximum absolute atomic E-state index is 14.1. The number of alkyl halides is 3. The summed E-state index contributed by atoms with van der Waals surface area (Å²) < 4.78 is 42.2. The van der Waals surface area contributed by atoms with Crippen molar-refractivity contribution in [2.45, 2.75) is 32.0 Å². The van der Waals surface area contributed by atoms with E-state index < -0.39 is 17.8 Å². The molecular weight excluding hydrogens is 417 g/mol. The molecule has 2 saturated heterocycles. The Hall–Kier alpha value is -2.36. The maximum Gasteiger partial charge on any atom is 0.434 e. The summed E-state index contributed by atoms with van der Waals surface area (Å²) in [5, 5.41) is 10.8. The van der Waals surface area contributed by atoms with Gasteiger partial charge in [-0.2, -0.15) is 18.2 Å². The van der Waals surface area contributed by atoms with E-state index in [0.29, 0.717) is 30.3 Å². The third-order valence-electron chi connectivity index (χ3n) is 6.57. The molecule has 1 N–H and O–H groups in total. The van der Waals surface area contributed by atoms with Gasteiger partial charge in [0, 0.05) is 37.0 Å². The van der Waals surface area contributed by atoms with Gasteiger partial charge in [-0.1, -0.05) is 6.07 Å². The van der Waals surface area contributed by atoms with Crippen LogP contribution >= 0.6 is 11.3 Å². The Kier molecular flexibility index (Phi) is 4.46. The van der Waals surface area contributed by atoms with Crippen molar-refractivity contribution in [2.24, 2.45) is 17.8 Å². The van der Waals surface area contributed by atoms with Gasteiger partial charge in [-0.3, -0.25) is 4.79 Å². The van der Waals surface area contributed by atoms with Crippen LogP contribution in [-0.4, -0.2) is 46.7 Å². The van der Waals surface area contributed by atoms with Crippen molar-refractivity contribution < 1.29 is 23.1 Å². The average Bonchev–Trinajstić information content (AvgIpc) is 3.11. The molecule has 0 aromatic carbocycles. The minimum Gasteiger partial charge on any atom is -0.481 e. The van der Waals surface area contributed by atoms with Crippen molar-refractivity contribution in [3.8, 4) is 10.4 Å². The van der Waals surface area contributed by atoms with E-state index in [1.165, 1.54) is 11.3 Å². The second-order valence-electron chi connectivity index (χ2n) is 8.37. The lowest BCUT2D eigenvalue weighted by Crippen LogP contribution is -2.47. The molecule has 0 amide bonds. The van der Waals surface area contributed by atoms with Gasteiger partial charge in [0.15, 0.2) is 5.69 Å². The number of aromatic nitrogens is 2. The van der Waals surface area contributed by atoms with Crippen LogP contribution in [0.5, 0.6) is 0 Å². The number of carboxylic acid groups (broad SMARTS) is 1. The quantitative estimate of drug-likeness (QED) is 0.762. The van der Waals surface area contributed by atoms with Crippen molar-refractivity contribution in [3.05, 3.63) is 23.2 Å². The second kappa shape index (κ2) is 6.83. The van der Waals surface area contributed by atoms with Crippen molar-refractivity contribution in [3.63, 3.8) is 0 Å². The molecule has 30 heavy (non-hydrogen) atoms. The van der Waals surface area contributed by atoms with Gasteiger partial charge in [-0.25, -0.2) is 4.98 Å². The Bertz CT molecular complexity index is 969. The average molecular weight is 438 g/mol. The Morgan fingerprint density at radius 1 is 1.30 bits per heavy atom. The molecule has 1 aliphatic carbocycles. The van der Waals surface area contributed by atoms with Gasteiger partial charge in [-0.05, 0) is 42.5 Å². The minimum atomic E-state index is -4.60. The zero-order valence-electron chi connectivity index (χ0n) is 16.3. The van der Waals surface area contributed by atoms with E-state index in [2.05, 4.69) is 9.97 Å². The highest BCUT2D eigenvalue weighted by atomic mass is 32.1. The first kappa shape index (κ1) is 19.6. The molecule has 0 bridgehead atoms. The molecule has 10 heteroatoms. The predicted molar refractivity (Wildman–Crippen MR) is 107 cm³/mol. The summed E-state index contributed by atoms with van der Waals surface area (Å²) in [6.45, 7) is 3.66. The zero-order chi connectivity index (χ0) is 21.2. The van der Waals surface area contributed by atoms with Crippen LogP contribution in [0.4, 0.5) is 24.9 Å². The third-order valence-corrected chi connectivity index (χ3v) is 7.46. The lowest BCUT2D eigenvalue weighted by atomic mass is 10.1. The Morgan fingerprint density at radius 3 is 2.53 bits per heavy atom. The molecule has 2 aliphatic heterocycles. The van der Waals surface area contributed by atoms with Crippen LogP contribution in [0.25, 0.3) is 10.4 Å². The standard InChI is InChI=1S/C20H21F3N4O2S/c1-10-4-5-27(10)19-24-17(20(21,22)23)16(14-3-2-6-30-14)18(25-19)26-8-12-11(7-15(28)29)13(12)9-26/h2-3,6,10-13H,4-5,7-9H2,1H3,(H,28,29)/t10-,11?,12-,13+/m0/s1. The number of aliphatic carboxylic acids is 1. The maximum atomic E-state index is 14.1. The number of rotatable bonds is 5. The number of nitrogens with zero attached hydrogens (tertiary/aromatic N) is 4. The first-order valence-corrected chi connectivity index (χ1v) is 10.9. The molecule has 3 aliphatic rings. The van der Waals surface area contributed by atoms with Gasteiger partial charge in [0.2, 0.25) is 5.95 Å². The highest BCUT2D eigenvalue weighted by Gasteiger charge is 2.57. The zero-order valence-corrected chi connectivity index (χ0v) is 17.1. The van der Waals surface area contributed by atoms with Gasteiger partial charge in [0.05, 0.1) is 5.56 Å². The number of hydrogen-bond donors (Lipinski definition) is 1. The number of thiophene rings is 1. The van der Waals surface area contributed by atoms with Crippen LogP contribution in [0.2, 0.25) is 0 Å². The largest absolute Gasteiger partial charge is 0.481 e. The predicted octanol–water partition coefficient (Wildman–Crippen LogP) is 3.98. The van der Waals surface area contributed by atoms with Gasteiger partial charge < -0.3 is 14.9 Å². The summed E-state index contributed by atoms with van der Waals surface area (Å²) in [5.41, 5.74) is -0.864. The molecule has 0 spiro atoms. The van der Waals surface area contributed by atoms with Crippen molar-refractivity contribution in [2.75, 3.05) is 29.4 Å². The highest BCUT2D eigenvalue weighted by molar-refractivity contribution is 7.13. The van der Waals surface area contributed by atoms with Crippen LogP contribution in [0.3, 0.4) is 0 Å². The molecule has 2 aromatic heterocycles. The number of fused-ring (bicyclic) bond motifs is 1. The summed E-state index contributed by atoms with van der Waals surface area (Å²) in [6, 6.07) is 3.50. The van der Waals surface area contributed by atoms with Crippen molar-refractivity contribution in [1.29, 1.82) is 0 Å². The van der Waals surface area contributed by atoms with E-state index in [4.69, 9.17) is 5.11 Å². The number of halogens is 3. The lowest BCUT2D eigenvalue weighted by molar-refractivity contribution is -0.140. The number of carboxylic acids is 1. The number of hydrogen-bond acceptors (Lipinski definition) is 6. The summed E-state index contributed by atoms with van der Waals surface area (Å²) in [4.78, 5) is 23.8. The van der Waals surface area contributed by atoms with E-state index in [1.807, 2.05) is 11.8 Å².